The average Bonchev–Trinajstić information content (AvgIpc) is 3.94. The van der Waals surface area contributed by atoms with Crippen molar-refractivity contribution in [2.24, 2.45) is 0 Å². The van der Waals surface area contributed by atoms with Gasteiger partial charge in [-0.15, -0.1) is 0 Å². The molecule has 2 aliphatic carbocycles. The number of nitrogens with zero attached hydrogens (tertiary/aromatic N) is 2. The summed E-state index contributed by atoms with van der Waals surface area (Å²) in [6.07, 6.45) is 8.53. The maximum atomic E-state index is 13.4. The third kappa shape index (κ3) is 8.95. The monoisotopic (exact) mass is 694 g/mol. The summed E-state index contributed by atoms with van der Waals surface area (Å²) in [5, 5.41) is 0. The van der Waals surface area contributed by atoms with E-state index in [0.717, 1.165) is 34.4 Å². The maximum Gasteiger partial charge on any atom is 0.496 e. The average molecular weight is 695 g/mol. The lowest BCUT2D eigenvalue weighted by molar-refractivity contribution is 0.00578. The number of rotatable bonds is 6. The zero-order chi connectivity index (χ0) is 33.1. The van der Waals surface area contributed by atoms with Crippen LogP contribution in [0.2, 0.25) is 0 Å². The van der Waals surface area contributed by atoms with E-state index in [1.165, 1.54) is 31.2 Å². The predicted molar refractivity (Wildman–Crippen MR) is 180 cm³/mol. The van der Waals surface area contributed by atoms with Gasteiger partial charge in [0, 0.05) is 27.9 Å². The molecule has 8 nitrogen and oxygen atoms in total. The van der Waals surface area contributed by atoms with Gasteiger partial charge in [0.05, 0.1) is 23.4 Å². The molecule has 0 spiro atoms. The van der Waals surface area contributed by atoms with Crippen LogP contribution in [0, 0.1) is 11.6 Å². The highest BCUT2D eigenvalue weighted by molar-refractivity contribution is 9.10. The van der Waals surface area contributed by atoms with Gasteiger partial charge in [-0.2, -0.15) is 0 Å². The molecule has 7 rings (SSSR count). The van der Waals surface area contributed by atoms with Crippen LogP contribution in [0.4, 0.5) is 20.4 Å². The van der Waals surface area contributed by atoms with Gasteiger partial charge in [0.25, 0.3) is 0 Å². The van der Waals surface area contributed by atoms with Crippen LogP contribution >= 0.6 is 15.9 Å². The lowest BCUT2D eigenvalue weighted by Gasteiger charge is -2.32. The topological polar surface area (TPSA) is 115 Å². The largest absolute Gasteiger partial charge is 0.496 e. The standard InChI is InChI=1S/C14H13FN2O.C11H16BFN2O2.C9H9BrO/c15-13-7-10(8-17-14(13)16)9-2-1-3-12(6-9)18-11-4-5-11;1-10(2)11(3,4)17-12(16-10)7-5-8(13)9(14)15-6-7;10-7-2-1-3-9(6-7)11-8-4-5-8/h1-3,6-8,11H,4-5H2,(H2,16,17);5-6H,1-4H3,(H2,14,15);1-3,6,8H,4-5H2. The Morgan fingerprint density at radius 3 is 1.78 bits per heavy atom. The van der Waals surface area contributed by atoms with Crippen molar-refractivity contribution in [1.29, 1.82) is 0 Å². The van der Waals surface area contributed by atoms with E-state index in [1.54, 1.807) is 6.20 Å². The van der Waals surface area contributed by atoms with Crippen molar-refractivity contribution in [1.82, 2.24) is 9.97 Å². The first-order chi connectivity index (χ1) is 21.8. The molecule has 3 aliphatic rings. The van der Waals surface area contributed by atoms with Crippen molar-refractivity contribution in [3.8, 4) is 22.6 Å². The minimum Gasteiger partial charge on any atom is -0.490 e. The summed E-state index contributed by atoms with van der Waals surface area (Å²) < 4.78 is 50.6. The summed E-state index contributed by atoms with van der Waals surface area (Å²) in [5.74, 6) is 0.529. The Balaban J connectivity index is 0.000000140. The molecule has 0 atom stereocenters. The smallest absolute Gasteiger partial charge is 0.490 e. The van der Waals surface area contributed by atoms with Crippen LogP contribution in [0.3, 0.4) is 0 Å². The first-order valence-electron chi connectivity index (χ1n) is 15.2. The maximum absolute atomic E-state index is 13.4. The third-order valence-corrected chi connectivity index (χ3v) is 8.40. The molecule has 1 saturated heterocycles. The van der Waals surface area contributed by atoms with Crippen molar-refractivity contribution >= 4 is 40.1 Å². The van der Waals surface area contributed by atoms with E-state index in [9.17, 15) is 8.78 Å². The Hall–Kier alpha value is -3.74. The lowest BCUT2D eigenvalue weighted by atomic mass is 9.80. The highest BCUT2D eigenvalue weighted by Crippen LogP contribution is 2.36. The van der Waals surface area contributed by atoms with E-state index < -0.39 is 30.0 Å². The minimum atomic E-state index is -0.609. The van der Waals surface area contributed by atoms with Gasteiger partial charge in [-0.05, 0) is 101 Å². The van der Waals surface area contributed by atoms with Gasteiger partial charge in [-0.3, -0.25) is 0 Å². The molecule has 2 saturated carbocycles. The van der Waals surface area contributed by atoms with Crippen LogP contribution in [0.5, 0.6) is 11.5 Å². The predicted octanol–water partition coefficient (Wildman–Crippen LogP) is 7.10. The number of nitrogen functional groups attached to an aromatic ring is 2. The molecular weight excluding hydrogens is 657 g/mol. The lowest BCUT2D eigenvalue weighted by Crippen LogP contribution is -2.41. The van der Waals surface area contributed by atoms with E-state index >= 15 is 0 Å². The van der Waals surface area contributed by atoms with Gasteiger partial charge < -0.3 is 30.2 Å². The quantitative estimate of drug-likeness (QED) is 0.206. The summed E-state index contributed by atoms with van der Waals surface area (Å²) in [5.41, 5.74) is 11.9. The van der Waals surface area contributed by atoms with Gasteiger partial charge in [0.15, 0.2) is 23.3 Å². The third-order valence-electron chi connectivity index (χ3n) is 7.90. The second kappa shape index (κ2) is 13.9. The molecule has 0 bridgehead atoms. The molecule has 0 amide bonds. The Bertz CT molecular complexity index is 1650. The molecule has 4 aromatic rings. The first-order valence-corrected chi connectivity index (χ1v) is 16.0. The van der Waals surface area contributed by atoms with E-state index in [-0.39, 0.29) is 11.6 Å². The fourth-order valence-corrected chi connectivity index (χ4v) is 4.60. The molecule has 2 aromatic carbocycles. The molecule has 46 heavy (non-hydrogen) atoms. The molecule has 242 valence electrons. The number of pyridine rings is 2. The summed E-state index contributed by atoms with van der Waals surface area (Å²) >= 11 is 3.39. The molecular formula is C34H38BBrF2N4O4. The Kier molecular flexibility index (Phi) is 10.2. The Labute approximate surface area is 277 Å². The van der Waals surface area contributed by atoms with E-state index in [4.69, 9.17) is 30.2 Å². The van der Waals surface area contributed by atoms with Gasteiger partial charge in [-0.25, -0.2) is 18.7 Å². The number of halogens is 3. The SMILES string of the molecule is Brc1cccc(OC2CC2)c1.CC1(C)OB(c2cnc(N)c(F)c2)OC1(C)C.Nc1ncc(-c2cccc(OC3CC3)c2)cc1F. The highest BCUT2D eigenvalue weighted by Gasteiger charge is 2.52. The number of hydrogen-bond acceptors (Lipinski definition) is 8. The number of nitrogens with two attached hydrogens (primary N) is 2. The Morgan fingerprint density at radius 1 is 0.739 bits per heavy atom. The van der Waals surface area contributed by atoms with Crippen LogP contribution in [-0.2, 0) is 9.31 Å². The normalized spacial score (nSPS) is 17.7. The Morgan fingerprint density at radius 2 is 1.26 bits per heavy atom. The fourth-order valence-electron chi connectivity index (χ4n) is 4.22. The number of ether oxygens (including phenoxy) is 2. The van der Waals surface area contributed by atoms with Gasteiger partial charge in [0.2, 0.25) is 0 Å². The molecule has 1 aliphatic heterocycles. The van der Waals surface area contributed by atoms with Crippen LogP contribution in [0.1, 0.15) is 53.4 Å². The molecule has 12 heteroatoms. The van der Waals surface area contributed by atoms with Crippen LogP contribution in [0.15, 0.2) is 77.5 Å². The molecule has 0 radical (unpaired) electrons. The summed E-state index contributed by atoms with van der Waals surface area (Å²) in [6, 6.07) is 18.2. The van der Waals surface area contributed by atoms with E-state index in [0.29, 0.717) is 23.2 Å². The van der Waals surface area contributed by atoms with Crippen LogP contribution < -0.4 is 26.4 Å². The number of benzene rings is 2. The minimum absolute atomic E-state index is 0.0795. The van der Waals surface area contributed by atoms with Crippen molar-refractivity contribution in [3.63, 3.8) is 0 Å². The molecule has 3 fully saturated rings. The van der Waals surface area contributed by atoms with Crippen LogP contribution in [-0.4, -0.2) is 40.5 Å². The second-order valence-electron chi connectivity index (χ2n) is 12.4. The number of hydrogen-bond donors (Lipinski definition) is 2. The van der Waals surface area contributed by atoms with Gasteiger partial charge >= 0.3 is 7.12 Å². The summed E-state index contributed by atoms with van der Waals surface area (Å²) in [6.45, 7) is 7.75. The highest BCUT2D eigenvalue weighted by atomic mass is 79.9. The zero-order valence-corrected chi connectivity index (χ0v) is 27.9. The van der Waals surface area contributed by atoms with Crippen molar-refractivity contribution in [2.45, 2.75) is 76.8 Å². The van der Waals surface area contributed by atoms with Crippen molar-refractivity contribution in [3.05, 3.63) is 89.2 Å². The number of aromatic nitrogens is 2. The van der Waals surface area contributed by atoms with Crippen LogP contribution in [0.25, 0.3) is 11.1 Å². The second-order valence-corrected chi connectivity index (χ2v) is 13.4. The van der Waals surface area contributed by atoms with Crippen molar-refractivity contribution < 1.29 is 27.6 Å². The molecule has 2 aromatic heterocycles. The molecule has 0 unspecified atom stereocenters. The summed E-state index contributed by atoms with van der Waals surface area (Å²) in [7, 11) is -0.609. The van der Waals surface area contributed by atoms with E-state index in [1.807, 2.05) is 76.2 Å². The molecule has 4 N–H and O–H groups in total. The fraction of sp³-hybridized carbons (Fsp3) is 0.353. The van der Waals surface area contributed by atoms with Crippen molar-refractivity contribution in [2.75, 3.05) is 11.5 Å². The summed E-state index contributed by atoms with van der Waals surface area (Å²) in [4.78, 5) is 7.58. The number of anilines is 2. The van der Waals surface area contributed by atoms with Gasteiger partial charge in [0.1, 0.15) is 11.5 Å². The van der Waals surface area contributed by atoms with Gasteiger partial charge in [-0.1, -0.05) is 34.1 Å². The molecule has 3 heterocycles. The zero-order valence-electron chi connectivity index (χ0n) is 26.3. The first kappa shape index (κ1) is 33.6. The van der Waals surface area contributed by atoms with E-state index in [2.05, 4.69) is 25.9 Å².